The number of phenolic OH excluding ortho intramolecular Hbond substituents is 1. The molecule has 2 aliphatic heterocycles. The predicted octanol–water partition coefficient (Wildman–Crippen LogP) is 1.17. The molecule has 7 atom stereocenters. The molecule has 0 amide bonds. The summed E-state index contributed by atoms with van der Waals surface area (Å²) in [7, 11) is 2.31. The first-order valence-electron chi connectivity index (χ1n) is 13.0. The van der Waals surface area contributed by atoms with Crippen LogP contribution in [0.25, 0.3) is 0 Å². The number of alkyl halides is 3. The molecule has 1 spiro atoms. The van der Waals surface area contributed by atoms with Gasteiger partial charge in [-0.2, -0.15) is 13.2 Å². The average Bonchev–Trinajstić information content (AvgIpc) is 3.54. The van der Waals surface area contributed by atoms with Crippen molar-refractivity contribution in [2.75, 3.05) is 26.7 Å². The highest BCUT2D eigenvalue weighted by atomic mass is 19.4. The fourth-order valence-corrected chi connectivity index (χ4v) is 7.60. The zero-order valence-electron chi connectivity index (χ0n) is 21.0. The standard InChI is InChI=1S/C24H33NO5.C2HF3O2/c1-3-10-29-19-12-17(27)22-23-8-9-25(2,13-14-4-5-14)18(24(19,23)28)11-15-6-7-16(26)21(30-22)20(15)23;3-2(4,5)1(6)7/h6-7,14,17-19,22,27-28H,3-5,8-13H2,1-2H3;(H,6,7)/t17-,18-,19?,22-,23-,24+,25?;/m1./s1. The van der Waals surface area contributed by atoms with E-state index in [0.29, 0.717) is 18.8 Å². The Morgan fingerprint density at radius 1 is 1.32 bits per heavy atom. The molecule has 5 aliphatic rings. The number of benzene rings is 1. The number of aromatic hydroxyl groups is 1. The van der Waals surface area contributed by atoms with Gasteiger partial charge in [0.1, 0.15) is 18.1 Å². The van der Waals surface area contributed by atoms with E-state index in [-0.39, 0.29) is 11.8 Å². The highest BCUT2D eigenvalue weighted by Gasteiger charge is 2.79. The van der Waals surface area contributed by atoms with E-state index in [0.717, 1.165) is 53.9 Å². The van der Waals surface area contributed by atoms with E-state index in [9.17, 15) is 28.5 Å². The van der Waals surface area contributed by atoms with Gasteiger partial charge >= 0.3 is 6.18 Å². The third-order valence-corrected chi connectivity index (χ3v) is 9.23. The Labute approximate surface area is 213 Å². The van der Waals surface area contributed by atoms with Gasteiger partial charge in [-0.15, -0.1) is 0 Å². The number of hydrogen-bond acceptors (Lipinski definition) is 7. The van der Waals surface area contributed by atoms with Gasteiger partial charge in [0.2, 0.25) is 0 Å². The second-order valence-corrected chi connectivity index (χ2v) is 11.5. The molecule has 3 N–H and O–H groups in total. The third-order valence-electron chi connectivity index (χ3n) is 9.23. The van der Waals surface area contributed by atoms with Crippen molar-refractivity contribution in [2.24, 2.45) is 5.92 Å². The summed E-state index contributed by atoms with van der Waals surface area (Å²) in [4.78, 5) is 8.78. The number of piperidine rings is 1. The zero-order valence-corrected chi connectivity index (χ0v) is 21.0. The highest BCUT2D eigenvalue weighted by molar-refractivity contribution is 5.70. The molecule has 0 aromatic heterocycles. The monoisotopic (exact) mass is 529 g/mol. The Kier molecular flexibility index (Phi) is 6.25. The molecule has 3 fully saturated rings. The number of carboxylic acids is 1. The zero-order chi connectivity index (χ0) is 27.0. The number of phenols is 1. The van der Waals surface area contributed by atoms with Crippen molar-refractivity contribution in [2.45, 2.75) is 87.0 Å². The predicted molar refractivity (Wildman–Crippen MR) is 122 cm³/mol. The molecular formula is C26H34F3NO7. The number of carbonyl (C=O) groups is 1. The van der Waals surface area contributed by atoms with Gasteiger partial charge in [0.05, 0.1) is 37.8 Å². The second kappa shape index (κ2) is 8.72. The molecule has 2 unspecified atom stereocenters. The summed E-state index contributed by atoms with van der Waals surface area (Å²) in [5.41, 5.74) is 0.243. The van der Waals surface area contributed by atoms with Crippen LogP contribution < -0.4 is 9.84 Å². The lowest BCUT2D eigenvalue weighted by atomic mass is 9.47. The molecule has 2 bridgehead atoms. The normalized spacial score (nSPS) is 39.2. The maximum atomic E-state index is 12.8. The maximum absolute atomic E-state index is 12.8. The number of rotatable bonds is 5. The van der Waals surface area contributed by atoms with Crippen LogP contribution in [-0.2, 0) is 21.4 Å². The van der Waals surface area contributed by atoms with E-state index in [2.05, 4.69) is 14.0 Å². The lowest BCUT2D eigenvalue weighted by molar-refractivity contribution is -0.951. The van der Waals surface area contributed by atoms with E-state index in [1.165, 1.54) is 12.8 Å². The van der Waals surface area contributed by atoms with Crippen LogP contribution in [0.1, 0.15) is 50.2 Å². The summed E-state index contributed by atoms with van der Waals surface area (Å²) in [6, 6.07) is 3.71. The molecule has 1 aromatic rings. The number of carboxylic acid groups (broad SMARTS) is 1. The van der Waals surface area contributed by atoms with Gasteiger partial charge in [0.15, 0.2) is 17.1 Å². The Balaban J connectivity index is 0.000000355. The number of carbonyl (C=O) groups excluding carboxylic acids is 1. The van der Waals surface area contributed by atoms with E-state index < -0.39 is 41.5 Å². The van der Waals surface area contributed by atoms with Crippen LogP contribution >= 0.6 is 0 Å². The Morgan fingerprint density at radius 3 is 2.59 bits per heavy atom. The topological polar surface area (TPSA) is 119 Å². The molecule has 3 aliphatic carbocycles. The van der Waals surface area contributed by atoms with Crippen molar-refractivity contribution in [3.8, 4) is 11.5 Å². The van der Waals surface area contributed by atoms with E-state index in [4.69, 9.17) is 19.4 Å². The minimum absolute atomic E-state index is 0.00435. The fraction of sp³-hybridized carbons (Fsp3) is 0.731. The van der Waals surface area contributed by atoms with Gasteiger partial charge in [0, 0.05) is 37.4 Å². The molecule has 1 aromatic carbocycles. The van der Waals surface area contributed by atoms with Gasteiger partial charge in [-0.25, -0.2) is 0 Å². The lowest BCUT2D eigenvalue weighted by Gasteiger charge is -2.67. The molecule has 206 valence electrons. The summed E-state index contributed by atoms with van der Waals surface area (Å²) < 4.78 is 45.0. The van der Waals surface area contributed by atoms with Crippen LogP contribution in [-0.4, -0.2) is 88.6 Å². The number of halogens is 3. The highest BCUT2D eigenvalue weighted by Crippen LogP contribution is 2.66. The smallest absolute Gasteiger partial charge is 0.430 e. The largest absolute Gasteiger partial charge is 0.542 e. The number of likely N-dealkylation sites (tertiary alicyclic amines) is 1. The number of likely N-dealkylation sites (N-methyl/N-ethyl adjacent to an activating group) is 1. The van der Waals surface area contributed by atoms with E-state index in [1.54, 1.807) is 6.07 Å². The molecule has 0 radical (unpaired) electrons. The van der Waals surface area contributed by atoms with Crippen LogP contribution in [0, 0.1) is 5.92 Å². The van der Waals surface area contributed by atoms with Crippen LogP contribution in [0.15, 0.2) is 12.1 Å². The van der Waals surface area contributed by atoms with Gasteiger partial charge in [-0.3, -0.25) is 0 Å². The van der Waals surface area contributed by atoms with Crippen LogP contribution in [0.4, 0.5) is 13.2 Å². The first kappa shape index (κ1) is 26.5. The van der Waals surface area contributed by atoms with Crippen LogP contribution in [0.3, 0.4) is 0 Å². The van der Waals surface area contributed by atoms with E-state index >= 15 is 0 Å². The van der Waals surface area contributed by atoms with E-state index in [1.807, 2.05) is 6.07 Å². The van der Waals surface area contributed by atoms with Crippen molar-refractivity contribution in [1.29, 1.82) is 0 Å². The number of hydrogen-bond donors (Lipinski definition) is 3. The lowest BCUT2D eigenvalue weighted by Crippen LogP contribution is -2.85. The average molecular weight is 530 g/mol. The van der Waals surface area contributed by atoms with Crippen molar-refractivity contribution >= 4 is 5.97 Å². The minimum atomic E-state index is -5.19. The number of nitrogens with zero attached hydrogens (tertiary/aromatic N) is 1. The summed E-state index contributed by atoms with van der Waals surface area (Å²) in [6.45, 7) is 4.69. The fourth-order valence-electron chi connectivity index (χ4n) is 7.60. The Hall–Kier alpha value is -2.08. The molecule has 37 heavy (non-hydrogen) atoms. The summed E-state index contributed by atoms with van der Waals surface area (Å²) >= 11 is 0. The SMILES string of the molecule is CCCOC1C[C@@H](O)[C@H]2Oc3c(O)ccc4c3[C@]23CC[N+](C)(CC2CC2)[C@H](C4)[C@]13O.O=C([O-])C(F)(F)F. The van der Waals surface area contributed by atoms with Crippen molar-refractivity contribution in [3.05, 3.63) is 23.3 Å². The quantitative estimate of drug-likeness (QED) is 0.490. The van der Waals surface area contributed by atoms with Crippen molar-refractivity contribution < 1.29 is 52.3 Å². The Bertz CT molecular complexity index is 1080. The Morgan fingerprint density at radius 2 is 2.00 bits per heavy atom. The number of aliphatic hydroxyl groups excluding tert-OH is 1. The summed E-state index contributed by atoms with van der Waals surface area (Å²) in [6.07, 6.45) is -1.59. The summed E-state index contributed by atoms with van der Waals surface area (Å²) in [5, 5.41) is 43.3. The third kappa shape index (κ3) is 3.84. The summed E-state index contributed by atoms with van der Waals surface area (Å²) in [5.74, 6) is -1.67. The molecule has 6 rings (SSSR count). The van der Waals surface area contributed by atoms with Gasteiger partial charge in [0.25, 0.3) is 0 Å². The van der Waals surface area contributed by atoms with Crippen molar-refractivity contribution in [1.82, 2.24) is 0 Å². The second-order valence-electron chi connectivity index (χ2n) is 11.5. The van der Waals surface area contributed by atoms with Crippen LogP contribution in [0.2, 0.25) is 0 Å². The number of aliphatic hydroxyl groups is 2. The molecule has 1 saturated heterocycles. The number of aliphatic carboxylic acids is 1. The molecular weight excluding hydrogens is 495 g/mol. The van der Waals surface area contributed by atoms with Gasteiger partial charge in [-0.1, -0.05) is 13.0 Å². The molecule has 2 heterocycles. The van der Waals surface area contributed by atoms with Crippen LogP contribution in [0.5, 0.6) is 11.5 Å². The first-order valence-corrected chi connectivity index (χ1v) is 13.0. The molecule has 2 saturated carbocycles. The number of quaternary nitrogens is 1. The van der Waals surface area contributed by atoms with Crippen molar-refractivity contribution in [3.63, 3.8) is 0 Å². The maximum Gasteiger partial charge on any atom is 0.430 e. The molecule has 11 heteroatoms. The van der Waals surface area contributed by atoms with Gasteiger partial charge in [-0.05, 0) is 30.9 Å². The minimum Gasteiger partial charge on any atom is -0.542 e. The molecule has 8 nitrogen and oxygen atoms in total. The van der Waals surface area contributed by atoms with Gasteiger partial charge < -0.3 is 39.2 Å². The first-order chi connectivity index (χ1) is 17.3. The number of ether oxygens (including phenoxy) is 2.